The van der Waals surface area contributed by atoms with Crippen molar-refractivity contribution in [3.8, 4) is 0 Å². The summed E-state index contributed by atoms with van der Waals surface area (Å²) in [5.41, 5.74) is -0.0732. The van der Waals surface area contributed by atoms with Gasteiger partial charge in [-0.25, -0.2) is 9.18 Å². The van der Waals surface area contributed by atoms with E-state index in [0.717, 1.165) is 0 Å². The van der Waals surface area contributed by atoms with E-state index in [1.807, 2.05) is 0 Å². The topological polar surface area (TPSA) is 75.6 Å². The SMILES string of the molecule is C=CCOC(=O)NC1CC(C(=O)O)(c2cc(C)cc(F)c2)C1. The number of hydrogen-bond donors (Lipinski definition) is 2. The number of nitrogens with one attached hydrogen (secondary N) is 1. The maximum absolute atomic E-state index is 13.5. The minimum Gasteiger partial charge on any atom is -0.481 e. The molecule has 1 aromatic carbocycles. The van der Waals surface area contributed by atoms with Crippen molar-refractivity contribution in [2.75, 3.05) is 6.61 Å². The monoisotopic (exact) mass is 307 g/mol. The van der Waals surface area contributed by atoms with Crippen molar-refractivity contribution in [1.29, 1.82) is 0 Å². The standard InChI is InChI=1S/C16H18FNO4/c1-3-4-22-15(21)18-13-8-16(9-13,14(19)20)11-5-10(2)6-12(17)7-11/h3,5-7,13H,1,4,8-9H2,2H3,(H,18,21)(H,19,20). The van der Waals surface area contributed by atoms with Gasteiger partial charge < -0.3 is 15.2 Å². The van der Waals surface area contributed by atoms with Crippen LogP contribution in [0, 0.1) is 12.7 Å². The van der Waals surface area contributed by atoms with Gasteiger partial charge >= 0.3 is 12.1 Å². The lowest BCUT2D eigenvalue weighted by molar-refractivity contribution is -0.148. The maximum Gasteiger partial charge on any atom is 0.407 e. The molecule has 0 aliphatic heterocycles. The van der Waals surface area contributed by atoms with E-state index < -0.39 is 23.3 Å². The molecule has 1 fully saturated rings. The van der Waals surface area contributed by atoms with Crippen molar-refractivity contribution in [3.05, 3.63) is 47.8 Å². The molecule has 0 radical (unpaired) electrons. The van der Waals surface area contributed by atoms with Gasteiger partial charge in [-0.2, -0.15) is 0 Å². The number of carboxylic acid groups (broad SMARTS) is 1. The molecule has 2 rings (SSSR count). The van der Waals surface area contributed by atoms with Crippen molar-refractivity contribution >= 4 is 12.1 Å². The number of ether oxygens (including phenoxy) is 1. The summed E-state index contributed by atoms with van der Waals surface area (Å²) < 4.78 is 18.3. The Hall–Kier alpha value is -2.37. The van der Waals surface area contributed by atoms with Crippen molar-refractivity contribution in [3.63, 3.8) is 0 Å². The molecule has 0 bridgehead atoms. The summed E-state index contributed by atoms with van der Waals surface area (Å²) in [5, 5.41) is 12.1. The number of hydrogen-bond acceptors (Lipinski definition) is 3. The van der Waals surface area contributed by atoms with E-state index in [4.69, 9.17) is 4.74 Å². The summed E-state index contributed by atoms with van der Waals surface area (Å²) in [6.45, 7) is 5.23. The Balaban J connectivity index is 2.09. The molecule has 6 heteroatoms. The van der Waals surface area contributed by atoms with E-state index in [2.05, 4.69) is 11.9 Å². The number of benzene rings is 1. The predicted octanol–water partition coefficient (Wildman–Crippen LogP) is 2.53. The highest BCUT2D eigenvalue weighted by atomic mass is 19.1. The zero-order valence-corrected chi connectivity index (χ0v) is 12.3. The summed E-state index contributed by atoms with van der Waals surface area (Å²) in [4.78, 5) is 23.1. The van der Waals surface area contributed by atoms with Crippen LogP contribution in [0.2, 0.25) is 0 Å². The molecule has 0 spiro atoms. The van der Waals surface area contributed by atoms with Crippen LogP contribution in [0.5, 0.6) is 0 Å². The fraction of sp³-hybridized carbons (Fsp3) is 0.375. The number of amides is 1. The Labute approximate surface area is 127 Å². The number of aryl methyl sites for hydroxylation is 1. The van der Waals surface area contributed by atoms with Gasteiger partial charge in [0.15, 0.2) is 0 Å². The molecular weight excluding hydrogens is 289 g/mol. The first-order valence-corrected chi connectivity index (χ1v) is 6.92. The highest BCUT2D eigenvalue weighted by molar-refractivity contribution is 5.83. The highest BCUT2D eigenvalue weighted by Crippen LogP contribution is 2.44. The lowest BCUT2D eigenvalue weighted by Gasteiger charge is -2.44. The minimum absolute atomic E-state index is 0.0890. The quantitative estimate of drug-likeness (QED) is 0.820. The Morgan fingerprint density at radius 1 is 1.50 bits per heavy atom. The highest BCUT2D eigenvalue weighted by Gasteiger charge is 2.52. The second-order valence-electron chi connectivity index (χ2n) is 5.54. The lowest BCUT2D eigenvalue weighted by atomic mass is 9.61. The summed E-state index contributed by atoms with van der Waals surface area (Å²) in [7, 11) is 0. The second kappa shape index (κ2) is 6.17. The molecule has 0 heterocycles. The first kappa shape index (κ1) is 16.0. The van der Waals surface area contributed by atoms with Crippen molar-refractivity contribution < 1.29 is 23.8 Å². The van der Waals surface area contributed by atoms with Crippen LogP contribution in [0.15, 0.2) is 30.9 Å². The molecule has 1 amide bonds. The van der Waals surface area contributed by atoms with Gasteiger partial charge in [-0.15, -0.1) is 0 Å². The molecular formula is C16H18FNO4. The van der Waals surface area contributed by atoms with E-state index >= 15 is 0 Å². The van der Waals surface area contributed by atoms with E-state index in [0.29, 0.717) is 11.1 Å². The molecule has 22 heavy (non-hydrogen) atoms. The van der Waals surface area contributed by atoms with E-state index in [-0.39, 0.29) is 25.5 Å². The zero-order chi connectivity index (χ0) is 16.3. The third-order valence-corrected chi connectivity index (χ3v) is 3.85. The molecule has 0 aromatic heterocycles. The van der Waals surface area contributed by atoms with Crippen LogP contribution >= 0.6 is 0 Å². The summed E-state index contributed by atoms with van der Waals surface area (Å²) in [5.74, 6) is -1.48. The third-order valence-electron chi connectivity index (χ3n) is 3.85. The number of alkyl carbamates (subject to hydrolysis) is 1. The normalized spacial score (nSPS) is 23.3. The Morgan fingerprint density at radius 2 is 2.18 bits per heavy atom. The molecule has 0 atom stereocenters. The van der Waals surface area contributed by atoms with Gasteiger partial charge in [-0.1, -0.05) is 18.7 Å². The largest absolute Gasteiger partial charge is 0.481 e. The van der Waals surface area contributed by atoms with Crippen molar-refractivity contribution in [2.24, 2.45) is 0 Å². The first-order valence-electron chi connectivity index (χ1n) is 6.92. The number of halogens is 1. The third kappa shape index (κ3) is 3.10. The maximum atomic E-state index is 13.5. The van der Waals surface area contributed by atoms with Crippen LogP contribution < -0.4 is 5.32 Å². The first-order chi connectivity index (χ1) is 10.4. The van der Waals surface area contributed by atoms with E-state index in [1.165, 1.54) is 18.2 Å². The van der Waals surface area contributed by atoms with Crippen LogP contribution in [0.4, 0.5) is 9.18 Å². The van der Waals surface area contributed by atoms with Gasteiger partial charge in [0, 0.05) is 6.04 Å². The Bertz CT molecular complexity index is 588. The van der Waals surface area contributed by atoms with Gasteiger partial charge in [0.25, 0.3) is 0 Å². The predicted molar refractivity (Wildman–Crippen MR) is 78.2 cm³/mol. The fourth-order valence-corrected chi connectivity index (χ4v) is 2.77. The van der Waals surface area contributed by atoms with Crippen LogP contribution in [0.3, 0.4) is 0 Å². The Morgan fingerprint density at radius 3 is 2.73 bits per heavy atom. The van der Waals surface area contributed by atoms with Gasteiger partial charge in [0.1, 0.15) is 12.4 Å². The van der Waals surface area contributed by atoms with Crippen molar-refractivity contribution in [2.45, 2.75) is 31.2 Å². The number of carbonyl (C=O) groups is 2. The molecule has 1 saturated carbocycles. The van der Waals surface area contributed by atoms with Gasteiger partial charge in [0.2, 0.25) is 0 Å². The van der Waals surface area contributed by atoms with E-state index in [1.54, 1.807) is 13.0 Å². The number of aliphatic carboxylic acids is 1. The van der Waals surface area contributed by atoms with Gasteiger partial charge in [0.05, 0.1) is 5.41 Å². The summed E-state index contributed by atoms with van der Waals surface area (Å²) in [6, 6.07) is 3.95. The van der Waals surface area contributed by atoms with Crippen LogP contribution in [-0.4, -0.2) is 29.8 Å². The fourth-order valence-electron chi connectivity index (χ4n) is 2.77. The smallest absolute Gasteiger partial charge is 0.407 e. The molecule has 1 aromatic rings. The van der Waals surface area contributed by atoms with Crippen molar-refractivity contribution in [1.82, 2.24) is 5.32 Å². The molecule has 0 unspecified atom stereocenters. The summed E-state index contributed by atoms with van der Waals surface area (Å²) >= 11 is 0. The summed E-state index contributed by atoms with van der Waals surface area (Å²) in [6.07, 6.45) is 1.24. The zero-order valence-electron chi connectivity index (χ0n) is 12.3. The molecule has 5 nitrogen and oxygen atoms in total. The minimum atomic E-state index is -1.16. The Kier molecular flexibility index (Phi) is 4.49. The lowest BCUT2D eigenvalue weighted by Crippen LogP contribution is -2.57. The molecule has 1 aliphatic carbocycles. The van der Waals surface area contributed by atoms with Crippen LogP contribution in [0.1, 0.15) is 24.0 Å². The average molecular weight is 307 g/mol. The number of carboxylic acids is 1. The molecule has 118 valence electrons. The molecule has 0 saturated heterocycles. The van der Waals surface area contributed by atoms with E-state index in [9.17, 15) is 19.1 Å². The average Bonchev–Trinajstić information content (AvgIpc) is 2.38. The van der Waals surface area contributed by atoms with Gasteiger partial charge in [-0.3, -0.25) is 4.79 Å². The molecule has 1 aliphatic rings. The van der Waals surface area contributed by atoms with Crippen LogP contribution in [-0.2, 0) is 14.9 Å². The second-order valence-corrected chi connectivity index (χ2v) is 5.54. The van der Waals surface area contributed by atoms with Crippen LogP contribution in [0.25, 0.3) is 0 Å². The number of carbonyl (C=O) groups excluding carboxylic acids is 1. The number of rotatable bonds is 5. The van der Waals surface area contributed by atoms with Gasteiger partial charge in [-0.05, 0) is 43.0 Å². The molecule has 2 N–H and O–H groups in total.